The van der Waals surface area contributed by atoms with Gasteiger partial charge in [-0.05, 0) is 48.5 Å². The quantitative estimate of drug-likeness (QED) is 0.740. The third-order valence-electron chi connectivity index (χ3n) is 3.36. The molecule has 2 aromatic rings. The molecule has 0 saturated heterocycles. The lowest BCUT2D eigenvalue weighted by Crippen LogP contribution is -2.04. The molecule has 132 valence electrons. The molecule has 9 heteroatoms. The number of sulfone groups is 3. The molecule has 0 aliphatic heterocycles. The van der Waals surface area contributed by atoms with Gasteiger partial charge in [0.25, 0.3) is 0 Å². The predicted molar refractivity (Wildman–Crippen MR) is 93.1 cm³/mol. The van der Waals surface area contributed by atoms with Gasteiger partial charge in [-0.1, -0.05) is 13.2 Å². The number of benzene rings is 2. The fourth-order valence-electron chi connectivity index (χ4n) is 1.95. The summed E-state index contributed by atoms with van der Waals surface area (Å²) in [4.78, 5) is -0.382. The fourth-order valence-corrected chi connectivity index (χ4v) is 4.62. The minimum atomic E-state index is -3.92. The number of hydrogen-bond donors (Lipinski definition) is 0. The molecule has 0 saturated carbocycles. The van der Waals surface area contributed by atoms with Crippen molar-refractivity contribution >= 4 is 29.5 Å². The zero-order valence-electron chi connectivity index (χ0n) is 12.9. The van der Waals surface area contributed by atoms with Crippen molar-refractivity contribution in [3.05, 3.63) is 72.5 Å². The zero-order valence-corrected chi connectivity index (χ0v) is 15.3. The van der Waals surface area contributed by atoms with Crippen LogP contribution in [0.2, 0.25) is 0 Å². The van der Waals surface area contributed by atoms with Gasteiger partial charge in [-0.2, -0.15) is 0 Å². The van der Waals surface area contributed by atoms with Crippen LogP contribution in [0.1, 0.15) is 0 Å². The van der Waals surface area contributed by atoms with E-state index in [1.54, 1.807) is 0 Å². The van der Waals surface area contributed by atoms with Crippen LogP contribution >= 0.6 is 0 Å². The number of hydrogen-bond acceptors (Lipinski definition) is 6. The van der Waals surface area contributed by atoms with Gasteiger partial charge in [0.05, 0.1) is 19.6 Å². The van der Waals surface area contributed by atoms with E-state index in [-0.39, 0.29) is 19.6 Å². The Bertz CT molecular complexity index is 1040. The highest BCUT2D eigenvalue weighted by Crippen LogP contribution is 2.24. The summed E-state index contributed by atoms with van der Waals surface area (Å²) in [5.74, 6) is 0. The summed E-state index contributed by atoms with van der Waals surface area (Å²) in [6.45, 7) is 6.40. The molecule has 0 radical (unpaired) electrons. The van der Waals surface area contributed by atoms with Gasteiger partial charge in [0.15, 0.2) is 19.7 Å². The fraction of sp³-hybridized carbons (Fsp3) is 0. The van der Waals surface area contributed by atoms with Crippen LogP contribution in [0.25, 0.3) is 0 Å². The molecule has 0 unspecified atom stereocenters. The average Bonchev–Trinajstić information content (AvgIpc) is 2.62. The second-order valence-electron chi connectivity index (χ2n) is 4.87. The second-order valence-corrected chi connectivity index (χ2v) is 10.6. The molecule has 0 bridgehead atoms. The van der Waals surface area contributed by atoms with Crippen LogP contribution in [0, 0.1) is 0 Å². The van der Waals surface area contributed by atoms with Crippen LogP contribution in [0.3, 0.4) is 0 Å². The van der Waals surface area contributed by atoms with Crippen LogP contribution in [0.5, 0.6) is 0 Å². The van der Waals surface area contributed by atoms with Crippen molar-refractivity contribution in [1.29, 1.82) is 0 Å². The minimum absolute atomic E-state index is 0.0751. The molecule has 0 atom stereocenters. The second kappa shape index (κ2) is 6.58. The highest BCUT2D eigenvalue weighted by atomic mass is 32.2. The van der Waals surface area contributed by atoms with E-state index in [0.29, 0.717) is 0 Å². The van der Waals surface area contributed by atoms with Gasteiger partial charge in [-0.25, -0.2) is 25.3 Å². The molecule has 0 aromatic heterocycles. The molecule has 0 N–H and O–H groups in total. The lowest BCUT2D eigenvalue weighted by Gasteiger charge is -2.07. The molecule has 6 nitrogen and oxygen atoms in total. The van der Waals surface area contributed by atoms with E-state index in [1.807, 2.05) is 0 Å². The van der Waals surface area contributed by atoms with Crippen molar-refractivity contribution in [3.8, 4) is 0 Å². The molecule has 0 spiro atoms. The third-order valence-corrected chi connectivity index (χ3v) is 7.89. The van der Waals surface area contributed by atoms with E-state index in [1.165, 1.54) is 48.5 Å². The minimum Gasteiger partial charge on any atom is -0.219 e. The van der Waals surface area contributed by atoms with Crippen LogP contribution < -0.4 is 0 Å². The summed E-state index contributed by atoms with van der Waals surface area (Å²) in [6.07, 6.45) is 0. The summed E-state index contributed by atoms with van der Waals surface area (Å²) in [7, 11) is -11.2. The molecule has 25 heavy (non-hydrogen) atoms. The van der Waals surface area contributed by atoms with E-state index in [2.05, 4.69) is 13.2 Å². The normalized spacial score (nSPS) is 12.5. The summed E-state index contributed by atoms with van der Waals surface area (Å²) < 4.78 is 71.7. The van der Waals surface area contributed by atoms with Crippen molar-refractivity contribution in [2.75, 3.05) is 0 Å². The first kappa shape index (κ1) is 19.1. The van der Waals surface area contributed by atoms with E-state index >= 15 is 0 Å². The maximum atomic E-state index is 12.6. The Kier molecular flexibility index (Phi) is 5.03. The Balaban J connectivity index is 2.46. The highest BCUT2D eigenvalue weighted by molar-refractivity contribution is 7.94. The molecule has 0 aliphatic carbocycles. The largest absolute Gasteiger partial charge is 0.219 e. The molecule has 0 amide bonds. The zero-order chi connectivity index (χ0) is 18.9. The monoisotopic (exact) mass is 398 g/mol. The Labute approximate surface area is 146 Å². The third kappa shape index (κ3) is 3.73. The Morgan fingerprint density at radius 2 is 0.760 bits per heavy atom. The summed E-state index contributed by atoms with van der Waals surface area (Å²) in [5.41, 5.74) is 0. The van der Waals surface area contributed by atoms with Gasteiger partial charge in [0.2, 0.25) is 9.84 Å². The molecule has 0 aliphatic rings. The molecular formula is C16H14O6S3. The summed E-state index contributed by atoms with van der Waals surface area (Å²) in [5, 5.41) is 1.55. The van der Waals surface area contributed by atoms with Gasteiger partial charge in [0.1, 0.15) is 0 Å². The summed E-state index contributed by atoms with van der Waals surface area (Å²) >= 11 is 0. The van der Waals surface area contributed by atoms with Gasteiger partial charge < -0.3 is 0 Å². The lowest BCUT2D eigenvalue weighted by atomic mass is 10.4. The van der Waals surface area contributed by atoms with Crippen molar-refractivity contribution in [2.45, 2.75) is 19.6 Å². The predicted octanol–water partition coefficient (Wildman–Crippen LogP) is 2.35. The van der Waals surface area contributed by atoms with Crippen LogP contribution in [-0.2, 0) is 29.5 Å². The van der Waals surface area contributed by atoms with Gasteiger partial charge >= 0.3 is 0 Å². The van der Waals surface area contributed by atoms with Crippen LogP contribution in [0.4, 0.5) is 0 Å². The topological polar surface area (TPSA) is 102 Å². The van der Waals surface area contributed by atoms with E-state index in [4.69, 9.17) is 0 Å². The number of rotatable bonds is 6. The molecular weight excluding hydrogens is 384 g/mol. The lowest BCUT2D eigenvalue weighted by molar-refractivity contribution is 0.594. The summed E-state index contributed by atoms with van der Waals surface area (Å²) in [6, 6.07) is 9.34. The van der Waals surface area contributed by atoms with Crippen molar-refractivity contribution < 1.29 is 25.3 Å². The standard InChI is InChI=1S/C16H14O6S3/c1-3-23(17,18)13-5-9-15(10-6-13)25(21,22)16-11-7-14(8-12-16)24(19,20)4-2/h3-12H,1-2H2. The van der Waals surface area contributed by atoms with Gasteiger partial charge in [-0.15, -0.1) is 0 Å². The average molecular weight is 398 g/mol. The SMILES string of the molecule is C=CS(=O)(=O)c1ccc(S(=O)(=O)c2ccc(S(=O)(=O)C=C)cc2)cc1. The molecule has 2 rings (SSSR count). The maximum Gasteiger partial charge on any atom is 0.206 e. The molecule has 2 aromatic carbocycles. The molecule has 0 fully saturated rings. The smallest absolute Gasteiger partial charge is 0.206 e. The van der Waals surface area contributed by atoms with E-state index in [0.717, 1.165) is 10.8 Å². The van der Waals surface area contributed by atoms with Crippen LogP contribution in [-0.4, -0.2) is 25.3 Å². The highest BCUT2D eigenvalue weighted by Gasteiger charge is 2.20. The first-order valence-corrected chi connectivity index (χ1v) is 11.3. The Morgan fingerprint density at radius 1 is 0.520 bits per heavy atom. The van der Waals surface area contributed by atoms with Crippen molar-refractivity contribution in [3.63, 3.8) is 0 Å². The Morgan fingerprint density at radius 3 is 1.00 bits per heavy atom. The van der Waals surface area contributed by atoms with Crippen molar-refractivity contribution in [1.82, 2.24) is 0 Å². The molecule has 0 heterocycles. The van der Waals surface area contributed by atoms with Gasteiger partial charge in [0, 0.05) is 10.8 Å². The van der Waals surface area contributed by atoms with E-state index in [9.17, 15) is 25.3 Å². The van der Waals surface area contributed by atoms with E-state index < -0.39 is 29.5 Å². The maximum absolute atomic E-state index is 12.6. The Hall–Kier alpha value is -2.23. The first-order valence-electron chi connectivity index (χ1n) is 6.75. The first-order chi connectivity index (χ1) is 11.5. The van der Waals surface area contributed by atoms with Crippen molar-refractivity contribution in [2.24, 2.45) is 0 Å². The van der Waals surface area contributed by atoms with Crippen LogP contribution in [0.15, 0.2) is 92.1 Å². The van der Waals surface area contributed by atoms with Gasteiger partial charge in [-0.3, -0.25) is 0 Å².